The van der Waals surface area contributed by atoms with Gasteiger partial charge in [-0.2, -0.15) is 5.10 Å². The summed E-state index contributed by atoms with van der Waals surface area (Å²) in [6, 6.07) is 11.2. The number of nitrogens with zero attached hydrogens (tertiary/aromatic N) is 6. The number of aromatic carboxylic acids is 1. The average molecular weight is 517 g/mol. The molecule has 1 N–H and O–H groups in total. The first-order chi connectivity index (χ1) is 18.4. The monoisotopic (exact) mass is 516 g/mol. The molecule has 38 heavy (non-hydrogen) atoms. The molecule has 1 aliphatic carbocycles. The first-order valence-corrected chi connectivity index (χ1v) is 13.1. The molecule has 1 aliphatic rings. The number of amides is 1. The van der Waals surface area contributed by atoms with Crippen molar-refractivity contribution in [3.05, 3.63) is 60.6 Å². The van der Waals surface area contributed by atoms with Crippen LogP contribution in [0.1, 0.15) is 49.9 Å². The van der Waals surface area contributed by atoms with Crippen molar-refractivity contribution in [2.45, 2.75) is 39.5 Å². The Labute approximate surface area is 220 Å². The van der Waals surface area contributed by atoms with E-state index in [-0.39, 0.29) is 29.8 Å². The molecular weight excluding hydrogens is 484 g/mol. The number of anilines is 1. The zero-order chi connectivity index (χ0) is 26.6. The number of benzene rings is 1. The third-order valence-corrected chi connectivity index (χ3v) is 7.14. The standard InChI is InChI=1S/C28H32N6O4/c1-3-38-16-15-32(27(35)21-7-5-19(2)6-8-21)26-23(28(36)37)18-34(31-26)22-11-9-20(10-12-22)24-17-25-29-13-4-14-33(25)30-24/h4,9-14,17-19,21H,3,5-8,15-16H2,1-2H3,(H,36,37). The second kappa shape index (κ2) is 11.1. The Kier molecular flexibility index (Phi) is 7.50. The van der Waals surface area contributed by atoms with E-state index < -0.39 is 5.97 Å². The van der Waals surface area contributed by atoms with E-state index >= 15 is 0 Å². The van der Waals surface area contributed by atoms with Gasteiger partial charge in [0.05, 0.1) is 24.5 Å². The van der Waals surface area contributed by atoms with Crippen LogP contribution in [-0.2, 0) is 9.53 Å². The highest BCUT2D eigenvalue weighted by Gasteiger charge is 2.32. The predicted molar refractivity (Wildman–Crippen MR) is 142 cm³/mol. The van der Waals surface area contributed by atoms with Crippen LogP contribution in [0.25, 0.3) is 22.6 Å². The van der Waals surface area contributed by atoms with E-state index in [0.29, 0.717) is 24.8 Å². The van der Waals surface area contributed by atoms with Crippen LogP contribution in [0.4, 0.5) is 5.82 Å². The minimum atomic E-state index is -1.13. The third kappa shape index (κ3) is 5.31. The van der Waals surface area contributed by atoms with Crippen LogP contribution in [0.3, 0.4) is 0 Å². The van der Waals surface area contributed by atoms with Gasteiger partial charge in [0.2, 0.25) is 5.91 Å². The van der Waals surface area contributed by atoms with Crippen molar-refractivity contribution in [2.24, 2.45) is 11.8 Å². The number of carbonyl (C=O) groups excluding carboxylic acids is 1. The van der Waals surface area contributed by atoms with Crippen LogP contribution in [0.2, 0.25) is 0 Å². The molecule has 0 atom stereocenters. The smallest absolute Gasteiger partial charge is 0.341 e. The summed E-state index contributed by atoms with van der Waals surface area (Å²) in [4.78, 5) is 31.7. The molecule has 1 amide bonds. The van der Waals surface area contributed by atoms with Crippen molar-refractivity contribution in [3.8, 4) is 16.9 Å². The average Bonchev–Trinajstić information content (AvgIpc) is 3.57. The Hall–Kier alpha value is -4.05. The minimum absolute atomic E-state index is 0.0190. The lowest BCUT2D eigenvalue weighted by Gasteiger charge is -2.30. The van der Waals surface area contributed by atoms with E-state index in [1.54, 1.807) is 10.7 Å². The fourth-order valence-corrected chi connectivity index (χ4v) is 4.95. The van der Waals surface area contributed by atoms with Crippen molar-refractivity contribution < 1.29 is 19.4 Å². The lowest BCUT2D eigenvalue weighted by molar-refractivity contribution is -0.123. The molecule has 3 heterocycles. The minimum Gasteiger partial charge on any atom is -0.477 e. The summed E-state index contributed by atoms with van der Waals surface area (Å²) in [5.74, 6) is -0.605. The van der Waals surface area contributed by atoms with Crippen LogP contribution in [0.15, 0.2) is 55.0 Å². The van der Waals surface area contributed by atoms with Crippen LogP contribution >= 0.6 is 0 Å². The van der Waals surface area contributed by atoms with E-state index in [4.69, 9.17) is 4.74 Å². The summed E-state index contributed by atoms with van der Waals surface area (Å²) in [5.41, 5.74) is 3.07. The summed E-state index contributed by atoms with van der Waals surface area (Å²) in [6.45, 7) is 5.15. The van der Waals surface area contributed by atoms with Crippen LogP contribution in [-0.4, -0.2) is 61.1 Å². The number of hydrogen-bond acceptors (Lipinski definition) is 6. The number of hydrogen-bond donors (Lipinski definition) is 1. The van der Waals surface area contributed by atoms with Crippen molar-refractivity contribution >= 4 is 23.3 Å². The maximum atomic E-state index is 13.6. The number of carbonyl (C=O) groups is 2. The van der Waals surface area contributed by atoms with Gasteiger partial charge in [0, 0.05) is 42.7 Å². The maximum absolute atomic E-state index is 13.6. The number of carboxylic acid groups (broad SMARTS) is 1. The zero-order valence-corrected chi connectivity index (χ0v) is 21.7. The highest BCUT2D eigenvalue weighted by atomic mass is 16.5. The number of carboxylic acids is 1. The normalized spacial score (nSPS) is 17.5. The lowest BCUT2D eigenvalue weighted by Crippen LogP contribution is -2.40. The van der Waals surface area contributed by atoms with Gasteiger partial charge in [-0.25, -0.2) is 19.0 Å². The van der Waals surface area contributed by atoms with Gasteiger partial charge < -0.3 is 9.84 Å². The Balaban J connectivity index is 1.44. The number of ether oxygens (including phenoxy) is 1. The fraction of sp³-hybridized carbons (Fsp3) is 0.393. The molecule has 0 aliphatic heterocycles. The summed E-state index contributed by atoms with van der Waals surface area (Å²) in [6.07, 6.45) is 8.60. The van der Waals surface area contributed by atoms with E-state index in [1.165, 1.54) is 15.8 Å². The highest BCUT2D eigenvalue weighted by molar-refractivity contribution is 6.01. The second-order valence-electron chi connectivity index (χ2n) is 9.76. The quantitative estimate of drug-likeness (QED) is 0.326. The number of aromatic nitrogens is 5. The Morgan fingerprint density at radius 1 is 1.13 bits per heavy atom. The van der Waals surface area contributed by atoms with E-state index in [2.05, 4.69) is 22.1 Å². The van der Waals surface area contributed by atoms with Gasteiger partial charge in [-0.15, -0.1) is 5.10 Å². The maximum Gasteiger partial charge on any atom is 0.341 e. The van der Waals surface area contributed by atoms with Crippen LogP contribution in [0, 0.1) is 11.8 Å². The molecule has 0 spiro atoms. The van der Waals surface area contributed by atoms with Crippen molar-refractivity contribution in [1.29, 1.82) is 0 Å². The highest BCUT2D eigenvalue weighted by Crippen LogP contribution is 2.32. The fourth-order valence-electron chi connectivity index (χ4n) is 4.95. The van der Waals surface area contributed by atoms with Gasteiger partial charge >= 0.3 is 5.97 Å². The molecule has 4 aromatic rings. The van der Waals surface area contributed by atoms with Crippen molar-refractivity contribution in [2.75, 3.05) is 24.7 Å². The molecule has 0 radical (unpaired) electrons. The summed E-state index contributed by atoms with van der Waals surface area (Å²) < 4.78 is 8.74. The van der Waals surface area contributed by atoms with E-state index in [1.807, 2.05) is 49.5 Å². The number of fused-ring (bicyclic) bond motifs is 1. The third-order valence-electron chi connectivity index (χ3n) is 7.14. The molecular formula is C28H32N6O4. The van der Waals surface area contributed by atoms with Crippen LogP contribution < -0.4 is 4.90 Å². The largest absolute Gasteiger partial charge is 0.477 e. The Morgan fingerprint density at radius 3 is 2.58 bits per heavy atom. The lowest BCUT2D eigenvalue weighted by atomic mass is 9.82. The number of rotatable bonds is 9. The molecule has 1 saturated carbocycles. The van der Waals surface area contributed by atoms with Crippen LogP contribution in [0.5, 0.6) is 0 Å². The molecule has 5 rings (SSSR count). The van der Waals surface area contributed by atoms with Gasteiger partial charge in [-0.05, 0) is 56.7 Å². The molecule has 3 aromatic heterocycles. The molecule has 0 bridgehead atoms. The topological polar surface area (TPSA) is 115 Å². The van der Waals surface area contributed by atoms with Crippen molar-refractivity contribution in [1.82, 2.24) is 24.4 Å². The van der Waals surface area contributed by atoms with Gasteiger partial charge in [-0.3, -0.25) is 9.69 Å². The SMILES string of the molecule is CCOCCN(C(=O)C1CCC(C)CC1)c1nn(-c2ccc(-c3cc4ncccn4n3)cc2)cc1C(=O)O. The first-order valence-electron chi connectivity index (χ1n) is 13.1. The summed E-state index contributed by atoms with van der Waals surface area (Å²) in [7, 11) is 0. The van der Waals surface area contributed by atoms with Gasteiger partial charge in [0.15, 0.2) is 11.5 Å². The zero-order valence-electron chi connectivity index (χ0n) is 21.7. The van der Waals surface area contributed by atoms with Gasteiger partial charge in [0.25, 0.3) is 0 Å². The first kappa shape index (κ1) is 25.6. The second-order valence-corrected chi connectivity index (χ2v) is 9.76. The molecule has 0 unspecified atom stereocenters. The molecule has 10 heteroatoms. The summed E-state index contributed by atoms with van der Waals surface area (Å²) in [5, 5.41) is 19.2. The molecule has 0 saturated heterocycles. The molecule has 198 valence electrons. The molecule has 1 fully saturated rings. The van der Waals surface area contributed by atoms with E-state index in [9.17, 15) is 14.7 Å². The van der Waals surface area contributed by atoms with Gasteiger partial charge in [-0.1, -0.05) is 19.1 Å². The Bertz CT molecular complexity index is 1390. The Morgan fingerprint density at radius 2 is 1.89 bits per heavy atom. The van der Waals surface area contributed by atoms with Gasteiger partial charge in [0.1, 0.15) is 5.56 Å². The predicted octanol–water partition coefficient (Wildman–Crippen LogP) is 4.48. The van der Waals surface area contributed by atoms with Crippen molar-refractivity contribution in [3.63, 3.8) is 0 Å². The summed E-state index contributed by atoms with van der Waals surface area (Å²) >= 11 is 0. The van der Waals surface area contributed by atoms with E-state index in [0.717, 1.165) is 42.6 Å². The molecule has 10 nitrogen and oxygen atoms in total. The molecule has 1 aromatic carbocycles.